The number of fused-ring (bicyclic) bond motifs is 1. The number of nitriles is 1. The third-order valence-corrected chi connectivity index (χ3v) is 6.64. The van der Waals surface area contributed by atoms with Crippen molar-refractivity contribution in [2.45, 2.75) is 56.4 Å². The van der Waals surface area contributed by atoms with E-state index in [1.165, 1.54) is 18.2 Å². The minimum Gasteiger partial charge on any atom is -0.486 e. The van der Waals surface area contributed by atoms with E-state index in [1.54, 1.807) is 20.8 Å². The summed E-state index contributed by atoms with van der Waals surface area (Å²) in [7, 11) is -4.46. The van der Waals surface area contributed by atoms with Gasteiger partial charge in [-0.1, -0.05) is 6.07 Å². The van der Waals surface area contributed by atoms with Crippen molar-refractivity contribution >= 4 is 27.5 Å². The summed E-state index contributed by atoms with van der Waals surface area (Å²) in [5.41, 5.74) is -1.65. The van der Waals surface area contributed by atoms with E-state index in [0.29, 0.717) is 6.07 Å². The third kappa shape index (κ3) is 6.36. The lowest BCUT2D eigenvalue weighted by atomic mass is 10.1. The fourth-order valence-electron chi connectivity index (χ4n) is 3.37. The second-order valence-electron chi connectivity index (χ2n) is 8.81. The van der Waals surface area contributed by atoms with Crippen LogP contribution in [0.25, 0.3) is 0 Å². The highest BCUT2D eigenvalue weighted by molar-refractivity contribution is 7.92. The molecule has 3 rings (SSSR count). The molecule has 1 aliphatic heterocycles. The van der Waals surface area contributed by atoms with Crippen LogP contribution in [0, 0.1) is 11.3 Å². The topological polar surface area (TPSA) is 109 Å². The van der Waals surface area contributed by atoms with E-state index >= 15 is 0 Å². The molecule has 1 heterocycles. The molecule has 188 valence electrons. The minimum absolute atomic E-state index is 0.0316. The number of carbonyl (C=O) groups is 1. The fraction of sp³-hybridized carbons (Fsp3) is 0.391. The molecule has 0 unspecified atom stereocenters. The van der Waals surface area contributed by atoms with Gasteiger partial charge in [-0.05, 0) is 63.6 Å². The van der Waals surface area contributed by atoms with Crippen LogP contribution < -0.4 is 14.4 Å². The van der Waals surface area contributed by atoms with Gasteiger partial charge in [-0.3, -0.25) is 9.62 Å². The molecule has 0 spiro atoms. The summed E-state index contributed by atoms with van der Waals surface area (Å²) in [4.78, 5) is 11.6. The van der Waals surface area contributed by atoms with E-state index in [9.17, 15) is 26.4 Å². The lowest BCUT2D eigenvalue weighted by Gasteiger charge is -2.35. The van der Waals surface area contributed by atoms with Crippen LogP contribution in [0.15, 0.2) is 47.4 Å². The van der Waals surface area contributed by atoms with Gasteiger partial charge in [0.25, 0.3) is 10.0 Å². The van der Waals surface area contributed by atoms with Crippen molar-refractivity contribution in [2.24, 2.45) is 0 Å². The smallest absolute Gasteiger partial charge is 0.416 e. The van der Waals surface area contributed by atoms with Crippen LogP contribution in [-0.4, -0.2) is 32.8 Å². The van der Waals surface area contributed by atoms with Crippen molar-refractivity contribution in [1.29, 1.82) is 5.26 Å². The third-order valence-electron chi connectivity index (χ3n) is 4.86. The van der Waals surface area contributed by atoms with E-state index in [1.807, 2.05) is 6.07 Å². The molecule has 1 amide bonds. The van der Waals surface area contributed by atoms with E-state index in [2.05, 4.69) is 5.32 Å². The van der Waals surface area contributed by atoms with Crippen LogP contribution >= 0.6 is 0 Å². The van der Waals surface area contributed by atoms with Crippen molar-refractivity contribution < 1.29 is 35.9 Å². The van der Waals surface area contributed by atoms with Gasteiger partial charge >= 0.3 is 12.3 Å². The number of anilines is 2. The molecule has 2 aromatic rings. The Morgan fingerprint density at radius 2 is 1.94 bits per heavy atom. The van der Waals surface area contributed by atoms with Crippen LogP contribution in [0.2, 0.25) is 0 Å². The Bertz CT molecular complexity index is 1250. The Morgan fingerprint density at radius 1 is 1.23 bits per heavy atom. The first kappa shape index (κ1) is 26.2. The number of nitrogens with zero attached hydrogens (tertiary/aromatic N) is 2. The van der Waals surface area contributed by atoms with Crippen LogP contribution in [0.1, 0.15) is 39.2 Å². The number of rotatable bonds is 5. The molecule has 12 heteroatoms. The van der Waals surface area contributed by atoms with Crippen LogP contribution in [0.3, 0.4) is 0 Å². The summed E-state index contributed by atoms with van der Waals surface area (Å²) < 4.78 is 78.6. The number of hydrogen-bond donors (Lipinski definition) is 1. The summed E-state index contributed by atoms with van der Waals surface area (Å²) in [6.45, 7) is 4.80. The Hall–Kier alpha value is -3.46. The van der Waals surface area contributed by atoms with Gasteiger partial charge in [0.15, 0.2) is 0 Å². The van der Waals surface area contributed by atoms with Gasteiger partial charge in [0.1, 0.15) is 17.5 Å². The van der Waals surface area contributed by atoms with E-state index in [-0.39, 0.29) is 36.5 Å². The zero-order chi connectivity index (χ0) is 26.0. The Balaban J connectivity index is 2.03. The number of hydrogen-bond acceptors (Lipinski definition) is 6. The highest BCUT2D eigenvalue weighted by Crippen LogP contribution is 2.40. The first-order valence-electron chi connectivity index (χ1n) is 10.6. The summed E-state index contributed by atoms with van der Waals surface area (Å²) in [6.07, 6.45) is -5.90. The van der Waals surface area contributed by atoms with Crippen molar-refractivity contribution in [1.82, 2.24) is 0 Å². The molecule has 0 bridgehead atoms. The van der Waals surface area contributed by atoms with Crippen molar-refractivity contribution in [2.75, 3.05) is 16.2 Å². The van der Waals surface area contributed by atoms with Crippen LogP contribution in [-0.2, 0) is 20.9 Å². The Kier molecular flexibility index (Phi) is 7.21. The zero-order valence-electron chi connectivity index (χ0n) is 19.2. The molecule has 1 atom stereocenters. The largest absolute Gasteiger partial charge is 0.486 e. The first-order chi connectivity index (χ1) is 16.2. The highest BCUT2D eigenvalue weighted by atomic mass is 32.2. The molecule has 0 aromatic heterocycles. The van der Waals surface area contributed by atoms with E-state index < -0.39 is 44.5 Å². The molecule has 0 aliphatic carbocycles. The number of alkyl halides is 3. The number of ether oxygens (including phenoxy) is 2. The van der Waals surface area contributed by atoms with Crippen LogP contribution in [0.5, 0.6) is 5.75 Å². The summed E-state index contributed by atoms with van der Waals surface area (Å²) in [6, 6.07) is 9.66. The molecular weight excluding hydrogens is 487 g/mol. The molecule has 35 heavy (non-hydrogen) atoms. The maximum absolute atomic E-state index is 13.5. The molecule has 1 N–H and O–H groups in total. The second kappa shape index (κ2) is 9.65. The normalized spacial score (nSPS) is 16.0. The van der Waals surface area contributed by atoms with Crippen molar-refractivity contribution in [3.8, 4) is 11.8 Å². The number of sulfonamides is 1. The van der Waals surface area contributed by atoms with Gasteiger partial charge < -0.3 is 9.47 Å². The average Bonchev–Trinajstić information content (AvgIpc) is 2.75. The molecule has 0 saturated carbocycles. The average molecular weight is 512 g/mol. The number of halogens is 3. The van der Waals surface area contributed by atoms with Gasteiger partial charge in [-0.25, -0.2) is 13.2 Å². The summed E-state index contributed by atoms with van der Waals surface area (Å²) >= 11 is 0. The van der Waals surface area contributed by atoms with Gasteiger partial charge in [0.2, 0.25) is 0 Å². The van der Waals surface area contributed by atoms with Gasteiger partial charge in [0, 0.05) is 12.1 Å². The summed E-state index contributed by atoms with van der Waals surface area (Å²) in [5, 5.41) is 11.4. The van der Waals surface area contributed by atoms with E-state index in [0.717, 1.165) is 22.5 Å². The molecule has 1 aliphatic rings. The second-order valence-corrected chi connectivity index (χ2v) is 10.7. The predicted molar refractivity (Wildman–Crippen MR) is 122 cm³/mol. The highest BCUT2D eigenvalue weighted by Gasteiger charge is 2.37. The lowest BCUT2D eigenvalue weighted by molar-refractivity contribution is -0.137. The number of amides is 1. The van der Waals surface area contributed by atoms with Gasteiger partial charge in [0.05, 0.1) is 28.8 Å². The molecule has 0 radical (unpaired) electrons. The maximum atomic E-state index is 13.5. The number of carbonyl (C=O) groups excluding carboxylic acids is 1. The predicted octanol–water partition coefficient (Wildman–Crippen LogP) is 5.31. The quantitative estimate of drug-likeness (QED) is 0.583. The van der Waals surface area contributed by atoms with Crippen molar-refractivity contribution in [3.05, 3.63) is 48.0 Å². The lowest BCUT2D eigenvalue weighted by Crippen LogP contribution is -2.43. The summed E-state index contributed by atoms with van der Waals surface area (Å²) in [5.74, 6) is 0.143. The SMILES string of the molecule is CC(C)(C)OC(=O)Nc1ccc2c(c1)N(S(=O)(=O)c1cccc(C(F)(F)F)c1)C[C@H](CCC#N)O2. The van der Waals surface area contributed by atoms with Crippen molar-refractivity contribution in [3.63, 3.8) is 0 Å². The first-order valence-corrected chi connectivity index (χ1v) is 12.0. The van der Waals surface area contributed by atoms with E-state index in [4.69, 9.17) is 14.7 Å². The minimum atomic E-state index is -4.73. The number of nitrogens with one attached hydrogen (secondary N) is 1. The fourth-order valence-corrected chi connectivity index (χ4v) is 4.92. The maximum Gasteiger partial charge on any atom is 0.416 e. The monoisotopic (exact) mass is 511 g/mol. The Morgan fingerprint density at radius 3 is 2.57 bits per heavy atom. The Labute approximate surface area is 201 Å². The zero-order valence-corrected chi connectivity index (χ0v) is 20.0. The number of benzene rings is 2. The molecule has 0 fully saturated rings. The molecule has 0 saturated heterocycles. The molecular formula is C23H24F3N3O5S. The molecule has 2 aromatic carbocycles. The molecule has 8 nitrogen and oxygen atoms in total. The van der Waals surface area contributed by atoms with Gasteiger partial charge in [-0.2, -0.15) is 18.4 Å². The van der Waals surface area contributed by atoms with Gasteiger partial charge in [-0.15, -0.1) is 0 Å². The standard InChI is InChI=1S/C23H24F3N3O5S/c1-22(2,3)34-21(30)28-16-9-10-20-19(13-16)29(14-17(33-20)7-5-11-27)35(31,32)18-8-4-6-15(12-18)23(24,25)26/h4,6,8-10,12-13,17H,5,7,14H2,1-3H3,(H,28,30)/t17-/m0/s1. The van der Waals surface area contributed by atoms with Crippen LogP contribution in [0.4, 0.5) is 29.3 Å².